The predicted molar refractivity (Wildman–Crippen MR) is 120 cm³/mol. The van der Waals surface area contributed by atoms with Crippen molar-refractivity contribution in [1.82, 2.24) is 4.57 Å². The molecule has 0 unspecified atom stereocenters. The molecule has 5 nitrogen and oxygen atoms in total. The molecule has 0 aliphatic heterocycles. The molecule has 34 heavy (non-hydrogen) atoms. The number of hydrogen-bond acceptors (Lipinski definition) is 3. The third-order valence-electron chi connectivity index (χ3n) is 5.79. The van der Waals surface area contributed by atoms with Crippen LogP contribution in [0.3, 0.4) is 0 Å². The molecule has 0 saturated heterocycles. The van der Waals surface area contributed by atoms with Crippen LogP contribution < -0.4 is 0 Å². The van der Waals surface area contributed by atoms with E-state index in [2.05, 4.69) is 6.07 Å². The van der Waals surface area contributed by atoms with Gasteiger partial charge in [-0.1, -0.05) is 26.0 Å². The van der Waals surface area contributed by atoms with Crippen LogP contribution in [-0.2, 0) is 5.41 Å². The molecule has 8 heteroatoms. The first kappa shape index (κ1) is 22.9. The molecule has 0 fully saturated rings. The van der Waals surface area contributed by atoms with Crippen LogP contribution in [0.15, 0.2) is 54.6 Å². The largest absolute Gasteiger partial charge is 0.504 e. The molecular weight excluding hydrogens is 445 g/mol. The number of phenols is 1. The number of nitrogens with zero attached hydrogens (tertiary/aromatic N) is 2. The van der Waals surface area contributed by atoms with Crippen LogP contribution in [0.25, 0.3) is 27.7 Å². The van der Waals surface area contributed by atoms with E-state index in [0.717, 1.165) is 12.1 Å². The van der Waals surface area contributed by atoms with Gasteiger partial charge in [-0.05, 0) is 42.0 Å². The highest BCUT2D eigenvalue weighted by molar-refractivity contribution is 6.04. The number of carboxylic acids is 1. The molecule has 0 atom stereocenters. The number of benzene rings is 3. The summed E-state index contributed by atoms with van der Waals surface area (Å²) in [7, 11) is 0. The SMILES string of the molecule is CC(C)(CC#N)c1c(-c2ccc(C(=O)O)cc2)c2c(O)c(F)ccc2n1-c1ccc(F)cc1F. The average Bonchev–Trinajstić information content (AvgIpc) is 3.13. The van der Waals surface area contributed by atoms with Crippen LogP contribution in [0.5, 0.6) is 5.75 Å². The number of fused-ring (bicyclic) bond motifs is 1. The summed E-state index contributed by atoms with van der Waals surface area (Å²) in [6.45, 7) is 3.48. The normalized spacial score (nSPS) is 11.5. The summed E-state index contributed by atoms with van der Waals surface area (Å²) in [6.07, 6.45) is -0.0183. The van der Waals surface area contributed by atoms with E-state index in [1.54, 1.807) is 13.8 Å². The van der Waals surface area contributed by atoms with Crippen molar-refractivity contribution in [3.63, 3.8) is 0 Å². The summed E-state index contributed by atoms with van der Waals surface area (Å²) in [4.78, 5) is 11.3. The van der Waals surface area contributed by atoms with Crippen molar-refractivity contribution in [2.75, 3.05) is 0 Å². The fourth-order valence-electron chi connectivity index (χ4n) is 4.23. The van der Waals surface area contributed by atoms with E-state index in [9.17, 15) is 29.1 Å². The van der Waals surface area contributed by atoms with Gasteiger partial charge in [0.05, 0.1) is 28.2 Å². The lowest BCUT2D eigenvalue weighted by Crippen LogP contribution is -2.22. The minimum atomic E-state index is -1.14. The summed E-state index contributed by atoms with van der Waals surface area (Å²) in [6, 6.07) is 13.2. The van der Waals surface area contributed by atoms with Gasteiger partial charge in [0.25, 0.3) is 0 Å². The average molecular weight is 464 g/mol. The standard InChI is InChI=1S/C26H19F3N2O3/c1-26(2,11-12-30)24-21(14-3-5-15(6-4-14)25(33)34)22-20(10-8-17(28)23(22)32)31(24)19-9-7-16(27)13-18(19)29/h3-10,13,32H,11H2,1-2H3,(H,33,34). The van der Waals surface area contributed by atoms with E-state index in [0.29, 0.717) is 22.9 Å². The monoisotopic (exact) mass is 464 g/mol. The molecule has 0 saturated carbocycles. The Morgan fingerprint density at radius 3 is 2.29 bits per heavy atom. The molecule has 1 heterocycles. The number of nitriles is 1. The van der Waals surface area contributed by atoms with Gasteiger partial charge in [-0.25, -0.2) is 18.0 Å². The van der Waals surface area contributed by atoms with E-state index < -0.39 is 34.6 Å². The van der Waals surface area contributed by atoms with Crippen LogP contribution in [0.1, 0.15) is 36.3 Å². The maximum Gasteiger partial charge on any atom is 0.335 e. The van der Waals surface area contributed by atoms with Crippen LogP contribution in [0.2, 0.25) is 0 Å². The summed E-state index contributed by atoms with van der Waals surface area (Å²) in [5, 5.41) is 29.5. The quantitative estimate of drug-likeness (QED) is 0.362. The molecule has 0 amide bonds. The Bertz CT molecular complexity index is 1480. The zero-order valence-corrected chi connectivity index (χ0v) is 18.2. The number of halogens is 3. The molecule has 1 aromatic heterocycles. The Morgan fingerprint density at radius 1 is 1.03 bits per heavy atom. The number of carboxylic acid groups (broad SMARTS) is 1. The van der Waals surface area contributed by atoms with Gasteiger partial charge in [-0.2, -0.15) is 5.26 Å². The number of aromatic nitrogens is 1. The predicted octanol–water partition coefficient (Wildman–Crippen LogP) is 6.31. The van der Waals surface area contributed by atoms with Crippen molar-refractivity contribution in [3.05, 3.63) is 83.3 Å². The van der Waals surface area contributed by atoms with Gasteiger partial charge >= 0.3 is 5.97 Å². The molecule has 4 rings (SSSR count). The van der Waals surface area contributed by atoms with Crippen molar-refractivity contribution >= 4 is 16.9 Å². The van der Waals surface area contributed by atoms with E-state index in [-0.39, 0.29) is 28.6 Å². The molecule has 0 spiro atoms. The Kier molecular flexibility index (Phi) is 5.57. The van der Waals surface area contributed by atoms with Gasteiger partial charge < -0.3 is 14.8 Å². The van der Waals surface area contributed by atoms with E-state index >= 15 is 4.39 Å². The maximum atomic E-state index is 15.0. The Morgan fingerprint density at radius 2 is 1.71 bits per heavy atom. The highest BCUT2D eigenvalue weighted by Gasteiger charge is 2.34. The minimum absolute atomic E-state index is 0.0183. The van der Waals surface area contributed by atoms with Gasteiger partial charge in [0.2, 0.25) is 0 Å². The third-order valence-corrected chi connectivity index (χ3v) is 5.79. The summed E-state index contributed by atoms with van der Waals surface area (Å²) in [5.74, 6) is -4.39. The molecule has 0 aliphatic carbocycles. The zero-order valence-electron chi connectivity index (χ0n) is 18.2. The molecule has 0 bridgehead atoms. The smallest absolute Gasteiger partial charge is 0.335 e. The second-order valence-corrected chi connectivity index (χ2v) is 8.55. The van der Waals surface area contributed by atoms with Gasteiger partial charge in [-0.15, -0.1) is 0 Å². The van der Waals surface area contributed by atoms with E-state index in [4.69, 9.17) is 0 Å². The van der Waals surface area contributed by atoms with Crippen LogP contribution in [0, 0.1) is 28.8 Å². The van der Waals surface area contributed by atoms with Gasteiger partial charge in [0.15, 0.2) is 11.6 Å². The molecule has 0 aliphatic rings. The van der Waals surface area contributed by atoms with Crippen LogP contribution in [-0.4, -0.2) is 20.7 Å². The Labute approximate surface area is 192 Å². The van der Waals surface area contributed by atoms with Crippen molar-refractivity contribution in [1.29, 1.82) is 5.26 Å². The molecule has 0 radical (unpaired) electrons. The number of aromatic carboxylic acids is 1. The number of aromatic hydroxyl groups is 1. The summed E-state index contributed by atoms with van der Waals surface area (Å²) in [5.41, 5.74) is 0.377. The third kappa shape index (κ3) is 3.65. The first-order chi connectivity index (χ1) is 16.1. The van der Waals surface area contributed by atoms with Gasteiger partial charge in [0.1, 0.15) is 11.6 Å². The maximum absolute atomic E-state index is 15.0. The van der Waals surface area contributed by atoms with E-state index in [1.165, 1.54) is 41.0 Å². The van der Waals surface area contributed by atoms with Crippen molar-refractivity contribution < 1.29 is 28.2 Å². The fourth-order valence-corrected chi connectivity index (χ4v) is 4.23. The van der Waals surface area contributed by atoms with Crippen LogP contribution >= 0.6 is 0 Å². The second-order valence-electron chi connectivity index (χ2n) is 8.55. The summed E-state index contributed by atoms with van der Waals surface area (Å²) >= 11 is 0. The van der Waals surface area contributed by atoms with E-state index in [1.807, 2.05) is 0 Å². The Balaban J connectivity index is 2.22. The van der Waals surface area contributed by atoms with Gasteiger partial charge in [0, 0.05) is 29.2 Å². The lowest BCUT2D eigenvalue weighted by molar-refractivity contribution is 0.0697. The highest BCUT2D eigenvalue weighted by atomic mass is 19.1. The first-order valence-corrected chi connectivity index (χ1v) is 10.3. The Hall–Kier alpha value is -4.25. The highest BCUT2D eigenvalue weighted by Crippen LogP contribution is 2.47. The molecule has 2 N–H and O–H groups in total. The second kappa shape index (κ2) is 8.27. The number of hydrogen-bond donors (Lipinski definition) is 2. The minimum Gasteiger partial charge on any atom is -0.504 e. The molecular formula is C26H19F3N2O3. The first-order valence-electron chi connectivity index (χ1n) is 10.3. The zero-order chi connectivity index (χ0) is 24.8. The number of phenolic OH excluding ortho intramolecular Hbond substituents is 1. The fraction of sp³-hybridized carbons (Fsp3) is 0.154. The lowest BCUT2D eigenvalue weighted by atomic mass is 9.81. The van der Waals surface area contributed by atoms with Crippen molar-refractivity contribution in [2.24, 2.45) is 0 Å². The van der Waals surface area contributed by atoms with Crippen molar-refractivity contribution in [2.45, 2.75) is 25.7 Å². The molecule has 4 aromatic rings. The molecule has 3 aromatic carbocycles. The lowest BCUT2D eigenvalue weighted by Gasteiger charge is -2.26. The summed E-state index contributed by atoms with van der Waals surface area (Å²) < 4.78 is 44.7. The topological polar surface area (TPSA) is 86.2 Å². The number of rotatable bonds is 5. The number of carbonyl (C=O) groups is 1. The van der Waals surface area contributed by atoms with Crippen LogP contribution in [0.4, 0.5) is 13.2 Å². The molecule has 172 valence electrons. The van der Waals surface area contributed by atoms with Gasteiger partial charge in [-0.3, -0.25) is 0 Å². The van der Waals surface area contributed by atoms with Crippen molar-refractivity contribution in [3.8, 4) is 28.6 Å².